The molecule has 21 heavy (non-hydrogen) atoms. The Morgan fingerprint density at radius 2 is 1.81 bits per heavy atom. The molecule has 120 valence electrons. The summed E-state index contributed by atoms with van der Waals surface area (Å²) >= 11 is 0. The zero-order chi connectivity index (χ0) is 15.6. The van der Waals surface area contributed by atoms with E-state index in [2.05, 4.69) is 4.90 Å². The molecule has 0 bridgehead atoms. The number of likely N-dealkylation sites (tertiary alicyclic amines) is 2. The van der Waals surface area contributed by atoms with Gasteiger partial charge in [-0.15, -0.1) is 0 Å². The molecule has 1 N–H and O–H groups in total. The topological polar surface area (TPSA) is 70.1 Å². The molecule has 0 aliphatic carbocycles. The maximum absolute atomic E-state index is 12.2. The minimum atomic E-state index is -0.748. The molecule has 2 atom stereocenters. The number of carboxylic acids is 1. The molecule has 0 radical (unpaired) electrons. The number of hydrogen-bond acceptors (Lipinski definition) is 4. The van der Waals surface area contributed by atoms with Crippen molar-refractivity contribution in [2.45, 2.75) is 64.1 Å². The van der Waals surface area contributed by atoms with Crippen LogP contribution in [0.4, 0.5) is 4.79 Å². The van der Waals surface area contributed by atoms with Crippen molar-refractivity contribution in [2.24, 2.45) is 0 Å². The first-order chi connectivity index (χ1) is 9.78. The Bertz CT molecular complexity index is 405. The van der Waals surface area contributed by atoms with Crippen LogP contribution in [0.2, 0.25) is 0 Å². The Balaban J connectivity index is 1.97. The number of hydrogen-bond donors (Lipinski definition) is 1. The summed E-state index contributed by atoms with van der Waals surface area (Å²) in [6, 6.07) is -0.261. The maximum atomic E-state index is 12.2. The molecule has 2 fully saturated rings. The molecule has 2 rings (SSSR count). The average Bonchev–Trinajstić information content (AvgIpc) is 2.86. The van der Waals surface area contributed by atoms with Crippen LogP contribution in [-0.2, 0) is 9.53 Å². The fraction of sp³-hybridized carbons (Fsp3) is 0.867. The molecule has 0 aromatic heterocycles. The molecule has 2 saturated heterocycles. The highest BCUT2D eigenvalue weighted by atomic mass is 16.6. The summed E-state index contributed by atoms with van der Waals surface area (Å²) in [5.74, 6) is -0.748. The molecule has 6 nitrogen and oxygen atoms in total. The van der Waals surface area contributed by atoms with Gasteiger partial charge in [-0.2, -0.15) is 0 Å². The third-order valence-electron chi connectivity index (χ3n) is 4.10. The zero-order valence-corrected chi connectivity index (χ0v) is 13.2. The largest absolute Gasteiger partial charge is 0.480 e. The zero-order valence-electron chi connectivity index (χ0n) is 13.2. The Kier molecular flexibility index (Phi) is 4.76. The summed E-state index contributed by atoms with van der Waals surface area (Å²) in [6.07, 6.45) is 3.17. The van der Waals surface area contributed by atoms with Gasteiger partial charge in [0.05, 0.1) is 0 Å². The second kappa shape index (κ2) is 6.22. The van der Waals surface area contributed by atoms with E-state index in [1.807, 2.05) is 20.8 Å². The van der Waals surface area contributed by atoms with Gasteiger partial charge in [0.1, 0.15) is 11.6 Å². The van der Waals surface area contributed by atoms with E-state index in [0.29, 0.717) is 19.5 Å². The number of carbonyl (C=O) groups excluding carboxylic acids is 1. The van der Waals surface area contributed by atoms with Crippen LogP contribution in [0.1, 0.15) is 46.5 Å². The second-order valence-electron chi connectivity index (χ2n) is 6.96. The van der Waals surface area contributed by atoms with Crippen molar-refractivity contribution in [1.29, 1.82) is 0 Å². The minimum Gasteiger partial charge on any atom is -0.480 e. The van der Waals surface area contributed by atoms with Crippen LogP contribution >= 0.6 is 0 Å². The van der Waals surface area contributed by atoms with Gasteiger partial charge in [0.2, 0.25) is 0 Å². The van der Waals surface area contributed by atoms with Crippen molar-refractivity contribution in [2.75, 3.05) is 19.6 Å². The van der Waals surface area contributed by atoms with Gasteiger partial charge in [-0.05, 0) is 53.0 Å². The number of nitrogens with zero attached hydrogens (tertiary/aromatic N) is 2. The van der Waals surface area contributed by atoms with Gasteiger partial charge in [0, 0.05) is 19.1 Å². The highest BCUT2D eigenvalue weighted by Gasteiger charge is 2.38. The van der Waals surface area contributed by atoms with Crippen LogP contribution in [0.25, 0.3) is 0 Å². The molecule has 0 aromatic rings. The van der Waals surface area contributed by atoms with Gasteiger partial charge in [-0.25, -0.2) is 4.79 Å². The number of ether oxygens (including phenoxy) is 1. The van der Waals surface area contributed by atoms with E-state index in [-0.39, 0.29) is 12.1 Å². The van der Waals surface area contributed by atoms with E-state index in [4.69, 9.17) is 4.74 Å². The lowest BCUT2D eigenvalue weighted by molar-refractivity contribution is -0.143. The molecule has 2 aliphatic rings. The van der Waals surface area contributed by atoms with Crippen LogP contribution in [0.3, 0.4) is 0 Å². The number of amides is 1. The fourth-order valence-corrected chi connectivity index (χ4v) is 3.21. The summed E-state index contributed by atoms with van der Waals surface area (Å²) in [4.78, 5) is 27.2. The van der Waals surface area contributed by atoms with Crippen LogP contribution in [0.15, 0.2) is 0 Å². The highest BCUT2D eigenvalue weighted by Crippen LogP contribution is 2.26. The summed E-state index contributed by atoms with van der Waals surface area (Å²) in [5, 5.41) is 9.30. The number of rotatable bonds is 2. The maximum Gasteiger partial charge on any atom is 0.410 e. The van der Waals surface area contributed by atoms with E-state index >= 15 is 0 Å². The van der Waals surface area contributed by atoms with E-state index < -0.39 is 17.6 Å². The first-order valence-electron chi connectivity index (χ1n) is 7.74. The molecule has 2 heterocycles. The van der Waals surface area contributed by atoms with Crippen molar-refractivity contribution < 1.29 is 19.4 Å². The van der Waals surface area contributed by atoms with Gasteiger partial charge >= 0.3 is 12.1 Å². The number of carboxylic acid groups (broad SMARTS) is 1. The highest BCUT2D eigenvalue weighted by molar-refractivity contribution is 5.74. The summed E-state index contributed by atoms with van der Waals surface area (Å²) in [7, 11) is 0. The first kappa shape index (κ1) is 16.1. The van der Waals surface area contributed by atoms with Gasteiger partial charge < -0.3 is 14.7 Å². The Morgan fingerprint density at radius 1 is 1.14 bits per heavy atom. The predicted octanol–water partition coefficient (Wildman–Crippen LogP) is 1.93. The van der Waals surface area contributed by atoms with Gasteiger partial charge in [0.15, 0.2) is 0 Å². The van der Waals surface area contributed by atoms with Crippen LogP contribution in [0.5, 0.6) is 0 Å². The smallest absolute Gasteiger partial charge is 0.410 e. The molecule has 0 unspecified atom stereocenters. The van der Waals surface area contributed by atoms with Crippen molar-refractivity contribution in [3.05, 3.63) is 0 Å². The minimum absolute atomic E-state index is 0.134. The quantitative estimate of drug-likeness (QED) is 0.843. The molecule has 6 heteroatoms. The van der Waals surface area contributed by atoms with Crippen molar-refractivity contribution in [3.8, 4) is 0 Å². The molecule has 0 spiro atoms. The van der Waals surface area contributed by atoms with Crippen molar-refractivity contribution in [3.63, 3.8) is 0 Å². The average molecular weight is 298 g/mol. The summed E-state index contributed by atoms with van der Waals surface area (Å²) in [6.45, 7) is 7.63. The lowest BCUT2D eigenvalue weighted by Gasteiger charge is -2.39. The second-order valence-corrected chi connectivity index (χ2v) is 6.96. The van der Waals surface area contributed by atoms with Crippen LogP contribution in [0, 0.1) is 0 Å². The number of piperidine rings is 1. The number of aliphatic carboxylic acids is 1. The van der Waals surface area contributed by atoms with Crippen molar-refractivity contribution in [1.82, 2.24) is 9.80 Å². The van der Waals surface area contributed by atoms with Crippen molar-refractivity contribution >= 4 is 12.1 Å². The Morgan fingerprint density at radius 3 is 2.43 bits per heavy atom. The van der Waals surface area contributed by atoms with E-state index in [1.165, 1.54) is 0 Å². The van der Waals surface area contributed by atoms with Gasteiger partial charge in [-0.1, -0.05) is 0 Å². The third-order valence-corrected chi connectivity index (χ3v) is 4.10. The van der Waals surface area contributed by atoms with Gasteiger partial charge in [0.25, 0.3) is 0 Å². The predicted molar refractivity (Wildman–Crippen MR) is 78.2 cm³/mol. The van der Waals surface area contributed by atoms with Crippen LogP contribution in [-0.4, -0.2) is 64.3 Å². The molecular weight excluding hydrogens is 272 g/mol. The molecule has 0 aromatic carbocycles. The lowest BCUT2D eigenvalue weighted by Crippen LogP contribution is -2.53. The van der Waals surface area contributed by atoms with E-state index in [1.54, 1.807) is 4.90 Å². The van der Waals surface area contributed by atoms with E-state index in [0.717, 1.165) is 25.8 Å². The summed E-state index contributed by atoms with van der Waals surface area (Å²) < 4.78 is 5.41. The normalized spacial score (nSPS) is 27.7. The van der Waals surface area contributed by atoms with E-state index in [9.17, 15) is 14.7 Å². The lowest BCUT2D eigenvalue weighted by atomic mass is 10.0. The van der Waals surface area contributed by atoms with Gasteiger partial charge in [-0.3, -0.25) is 9.69 Å². The fourth-order valence-electron chi connectivity index (χ4n) is 3.21. The first-order valence-corrected chi connectivity index (χ1v) is 7.74. The van der Waals surface area contributed by atoms with Crippen LogP contribution < -0.4 is 0 Å². The molecule has 2 aliphatic heterocycles. The Labute approximate surface area is 126 Å². The monoisotopic (exact) mass is 298 g/mol. The number of carbonyl (C=O) groups is 2. The SMILES string of the molecule is CC(C)(C)OC(=O)N1CCC[C@@H](N2CCC[C@H]2C(=O)O)C1. The Hall–Kier alpha value is -1.30. The molecule has 0 saturated carbocycles. The third kappa shape index (κ3) is 4.09. The summed E-state index contributed by atoms with van der Waals surface area (Å²) in [5.41, 5.74) is -0.499. The molecule has 1 amide bonds. The standard InChI is InChI=1S/C15H26N2O4/c1-15(2,3)21-14(20)16-8-4-6-11(10-16)17-9-5-7-12(17)13(18)19/h11-12H,4-10H2,1-3H3,(H,18,19)/t11-,12+/m1/s1. The molecular formula is C15H26N2O4.